The molecule has 0 aromatic carbocycles. The van der Waals surface area contributed by atoms with E-state index in [2.05, 4.69) is 15.3 Å². The van der Waals surface area contributed by atoms with E-state index in [1.165, 1.54) is 6.20 Å². The number of nitrogens with one attached hydrogen (secondary N) is 1. The van der Waals surface area contributed by atoms with Gasteiger partial charge in [0.05, 0.1) is 11.9 Å². The molecular weight excluding hydrogens is 280 g/mol. The van der Waals surface area contributed by atoms with Crippen molar-refractivity contribution >= 4 is 11.8 Å². The molecule has 1 aromatic rings. The van der Waals surface area contributed by atoms with E-state index in [4.69, 9.17) is 0 Å². The van der Waals surface area contributed by atoms with Gasteiger partial charge >= 0.3 is 0 Å². The van der Waals surface area contributed by atoms with Crippen LogP contribution in [0.3, 0.4) is 0 Å². The Morgan fingerprint density at radius 1 is 1.32 bits per heavy atom. The first-order chi connectivity index (χ1) is 10.6. The molecule has 0 unspecified atom stereocenters. The van der Waals surface area contributed by atoms with Gasteiger partial charge in [0, 0.05) is 36.7 Å². The number of nitrogens with zero attached hydrogens (tertiary/aromatic N) is 3. The SMILES string of the molecule is Cc1cnc(C(=O)N2CC[C@]3(C[C@@H]3C(=O)NC3CC3)C2)cn1. The second kappa shape index (κ2) is 4.76. The first kappa shape index (κ1) is 13.7. The van der Waals surface area contributed by atoms with Crippen LogP contribution in [0.4, 0.5) is 0 Å². The first-order valence-corrected chi connectivity index (χ1v) is 7.96. The minimum atomic E-state index is -0.0716. The number of aromatic nitrogens is 2. The Labute approximate surface area is 129 Å². The van der Waals surface area contributed by atoms with Crippen molar-refractivity contribution in [2.45, 2.75) is 38.6 Å². The summed E-state index contributed by atoms with van der Waals surface area (Å²) in [4.78, 5) is 34.7. The third-order valence-corrected chi connectivity index (χ3v) is 5.10. The maximum absolute atomic E-state index is 12.5. The summed E-state index contributed by atoms with van der Waals surface area (Å²) < 4.78 is 0. The van der Waals surface area contributed by atoms with Crippen LogP contribution in [0.5, 0.6) is 0 Å². The first-order valence-electron chi connectivity index (χ1n) is 7.96. The van der Waals surface area contributed by atoms with Crippen LogP contribution in [0.2, 0.25) is 0 Å². The van der Waals surface area contributed by atoms with Crippen LogP contribution < -0.4 is 5.32 Å². The molecule has 2 aliphatic carbocycles. The van der Waals surface area contributed by atoms with Gasteiger partial charge in [-0.3, -0.25) is 14.6 Å². The number of aryl methyl sites for hydroxylation is 1. The summed E-state index contributed by atoms with van der Waals surface area (Å²) in [5.41, 5.74) is 1.21. The molecule has 2 heterocycles. The molecule has 2 amide bonds. The van der Waals surface area contributed by atoms with Gasteiger partial charge in [0.2, 0.25) is 5.91 Å². The highest BCUT2D eigenvalue weighted by atomic mass is 16.2. The number of likely N-dealkylation sites (tertiary alicyclic amines) is 1. The van der Waals surface area contributed by atoms with Gasteiger partial charge in [0.1, 0.15) is 5.69 Å². The third kappa shape index (κ3) is 2.36. The van der Waals surface area contributed by atoms with E-state index in [1.54, 1.807) is 6.20 Å². The maximum atomic E-state index is 12.5. The van der Waals surface area contributed by atoms with Crippen molar-refractivity contribution in [2.75, 3.05) is 13.1 Å². The standard InChI is InChI=1S/C16H20N4O2/c1-10-7-18-13(8-17-10)15(22)20-5-4-16(9-20)6-12(16)14(21)19-11-2-3-11/h7-8,11-12H,2-6,9H2,1H3,(H,19,21)/t12-,16+/m1/s1. The highest BCUT2D eigenvalue weighted by molar-refractivity contribution is 5.92. The summed E-state index contributed by atoms with van der Waals surface area (Å²) >= 11 is 0. The second-order valence-electron chi connectivity index (χ2n) is 6.92. The highest BCUT2D eigenvalue weighted by Gasteiger charge is 2.61. The van der Waals surface area contributed by atoms with Gasteiger partial charge in [-0.05, 0) is 32.6 Å². The van der Waals surface area contributed by atoms with Gasteiger partial charge in [-0.25, -0.2) is 4.98 Å². The largest absolute Gasteiger partial charge is 0.353 e. The summed E-state index contributed by atoms with van der Waals surface area (Å²) in [6.45, 7) is 3.23. The second-order valence-corrected chi connectivity index (χ2v) is 6.92. The molecule has 2 atom stereocenters. The van der Waals surface area contributed by atoms with Crippen LogP contribution in [0.15, 0.2) is 12.4 Å². The van der Waals surface area contributed by atoms with Gasteiger partial charge in [0.25, 0.3) is 5.91 Å². The topological polar surface area (TPSA) is 75.2 Å². The summed E-state index contributed by atoms with van der Waals surface area (Å²) in [5, 5.41) is 3.08. The van der Waals surface area contributed by atoms with E-state index in [9.17, 15) is 9.59 Å². The van der Waals surface area contributed by atoms with Crippen LogP contribution in [-0.4, -0.2) is 45.8 Å². The Hall–Kier alpha value is -1.98. The lowest BCUT2D eigenvalue weighted by Crippen LogP contribution is -2.32. The number of hydrogen-bond acceptors (Lipinski definition) is 4. The lowest BCUT2D eigenvalue weighted by atomic mass is 10.0. The van der Waals surface area contributed by atoms with E-state index in [-0.39, 0.29) is 23.1 Å². The number of carbonyl (C=O) groups excluding carboxylic acids is 2. The van der Waals surface area contributed by atoms with Crippen molar-refractivity contribution < 1.29 is 9.59 Å². The van der Waals surface area contributed by atoms with Crippen LogP contribution in [0.25, 0.3) is 0 Å². The minimum Gasteiger partial charge on any atom is -0.353 e. The zero-order valence-corrected chi connectivity index (χ0v) is 12.7. The maximum Gasteiger partial charge on any atom is 0.274 e. The molecule has 4 rings (SSSR count). The van der Waals surface area contributed by atoms with Crippen LogP contribution in [0.1, 0.15) is 41.9 Å². The monoisotopic (exact) mass is 300 g/mol. The Morgan fingerprint density at radius 3 is 2.82 bits per heavy atom. The van der Waals surface area contributed by atoms with E-state index < -0.39 is 0 Å². The summed E-state index contributed by atoms with van der Waals surface area (Å²) in [7, 11) is 0. The molecule has 1 N–H and O–H groups in total. The fourth-order valence-electron chi connectivity index (χ4n) is 3.43. The van der Waals surface area contributed by atoms with Gasteiger partial charge in [0.15, 0.2) is 0 Å². The number of rotatable bonds is 3. The molecule has 0 radical (unpaired) electrons. The van der Waals surface area contributed by atoms with Crippen molar-refractivity contribution in [1.29, 1.82) is 0 Å². The van der Waals surface area contributed by atoms with Crippen LogP contribution in [-0.2, 0) is 4.79 Å². The minimum absolute atomic E-state index is 0.0206. The van der Waals surface area contributed by atoms with Crippen molar-refractivity contribution in [1.82, 2.24) is 20.2 Å². The molecule has 1 aliphatic heterocycles. The average Bonchev–Trinajstić information content (AvgIpc) is 3.38. The smallest absolute Gasteiger partial charge is 0.274 e. The Balaban J connectivity index is 1.39. The normalized spacial score (nSPS) is 29.7. The molecule has 1 spiro atoms. The van der Waals surface area contributed by atoms with E-state index in [0.29, 0.717) is 24.8 Å². The van der Waals surface area contributed by atoms with Crippen molar-refractivity contribution in [3.05, 3.63) is 23.8 Å². The lowest BCUT2D eigenvalue weighted by molar-refractivity contribution is -0.123. The lowest BCUT2D eigenvalue weighted by Gasteiger charge is -2.16. The van der Waals surface area contributed by atoms with Gasteiger partial charge in [-0.15, -0.1) is 0 Å². The molecule has 22 heavy (non-hydrogen) atoms. The van der Waals surface area contributed by atoms with Gasteiger partial charge in [-0.1, -0.05) is 0 Å². The van der Waals surface area contributed by atoms with Crippen molar-refractivity contribution in [3.63, 3.8) is 0 Å². The Morgan fingerprint density at radius 2 is 2.14 bits per heavy atom. The fourth-order valence-corrected chi connectivity index (χ4v) is 3.43. The molecule has 1 saturated heterocycles. The highest BCUT2D eigenvalue weighted by Crippen LogP contribution is 2.58. The zero-order chi connectivity index (χ0) is 15.3. The zero-order valence-electron chi connectivity index (χ0n) is 12.7. The Kier molecular flexibility index (Phi) is 2.96. The van der Waals surface area contributed by atoms with E-state index >= 15 is 0 Å². The van der Waals surface area contributed by atoms with Gasteiger partial charge in [-0.2, -0.15) is 0 Å². The fraction of sp³-hybridized carbons (Fsp3) is 0.625. The number of amides is 2. The van der Waals surface area contributed by atoms with E-state index in [1.807, 2.05) is 11.8 Å². The van der Waals surface area contributed by atoms with Gasteiger partial charge < -0.3 is 10.2 Å². The molecule has 2 saturated carbocycles. The quantitative estimate of drug-likeness (QED) is 0.900. The number of carbonyl (C=O) groups is 2. The summed E-state index contributed by atoms with van der Waals surface area (Å²) in [6, 6.07) is 0.409. The predicted octanol–water partition coefficient (Wildman–Crippen LogP) is 0.916. The van der Waals surface area contributed by atoms with Crippen LogP contribution in [0, 0.1) is 18.3 Å². The van der Waals surface area contributed by atoms with Crippen LogP contribution >= 0.6 is 0 Å². The van der Waals surface area contributed by atoms with Crippen molar-refractivity contribution in [3.8, 4) is 0 Å². The summed E-state index contributed by atoms with van der Waals surface area (Å²) in [6.07, 6.45) is 7.20. The molecule has 6 heteroatoms. The average molecular weight is 300 g/mol. The van der Waals surface area contributed by atoms with E-state index in [0.717, 1.165) is 31.4 Å². The Bertz CT molecular complexity index is 626. The molecule has 116 valence electrons. The molecule has 3 aliphatic rings. The third-order valence-electron chi connectivity index (χ3n) is 5.10. The summed E-state index contributed by atoms with van der Waals surface area (Å²) in [5.74, 6) is 0.208. The number of hydrogen-bond donors (Lipinski definition) is 1. The molecular formula is C16H20N4O2. The predicted molar refractivity (Wildman–Crippen MR) is 79.0 cm³/mol. The molecule has 6 nitrogen and oxygen atoms in total. The molecule has 0 bridgehead atoms. The molecule has 1 aromatic heterocycles. The molecule has 3 fully saturated rings. The van der Waals surface area contributed by atoms with Crippen molar-refractivity contribution in [2.24, 2.45) is 11.3 Å².